The van der Waals surface area contributed by atoms with Crippen molar-refractivity contribution in [3.8, 4) is 5.75 Å². The predicted octanol–water partition coefficient (Wildman–Crippen LogP) is 0.454. The molecular weight excluding hydrogens is 306 g/mol. The molecule has 1 heterocycles. The highest BCUT2D eigenvalue weighted by molar-refractivity contribution is 6.32. The van der Waals surface area contributed by atoms with Crippen LogP contribution in [0.1, 0.15) is 6.92 Å². The fourth-order valence-electron chi connectivity index (χ4n) is 1.93. The quantitative estimate of drug-likeness (QED) is 0.546. The number of halogens is 1. The Morgan fingerprint density at radius 2 is 1.95 bits per heavy atom. The smallest absolute Gasteiger partial charge is 0.271 e. The van der Waals surface area contributed by atoms with Crippen LogP contribution in [0, 0.1) is 10.1 Å². The molecule has 2 unspecified atom stereocenters. The van der Waals surface area contributed by atoms with Gasteiger partial charge < -0.3 is 24.8 Å². The van der Waals surface area contributed by atoms with Crippen molar-refractivity contribution in [1.82, 2.24) is 0 Å². The summed E-state index contributed by atoms with van der Waals surface area (Å²) in [4.78, 5) is 10.0. The van der Waals surface area contributed by atoms with Crippen molar-refractivity contribution in [2.45, 2.75) is 37.6 Å². The summed E-state index contributed by atoms with van der Waals surface area (Å²) in [6.07, 6.45) is -6.17. The number of hydrogen-bond donors (Lipinski definition) is 3. The number of ether oxygens (including phenoxy) is 2. The molecule has 1 aromatic rings. The van der Waals surface area contributed by atoms with Crippen molar-refractivity contribution in [2.24, 2.45) is 0 Å². The Kier molecular flexibility index (Phi) is 4.64. The number of aliphatic hydroxyl groups excluding tert-OH is 3. The molecule has 0 bridgehead atoms. The molecule has 21 heavy (non-hydrogen) atoms. The molecule has 0 spiro atoms. The lowest BCUT2D eigenvalue weighted by Gasteiger charge is -2.38. The summed E-state index contributed by atoms with van der Waals surface area (Å²) < 4.78 is 10.6. The highest BCUT2D eigenvalue weighted by Crippen LogP contribution is 2.31. The first kappa shape index (κ1) is 15.9. The second-order valence-electron chi connectivity index (χ2n) is 4.67. The summed E-state index contributed by atoms with van der Waals surface area (Å²) in [5, 5.41) is 39.6. The van der Waals surface area contributed by atoms with Gasteiger partial charge in [0.05, 0.1) is 16.0 Å². The van der Waals surface area contributed by atoms with Gasteiger partial charge in [0, 0.05) is 12.1 Å². The summed E-state index contributed by atoms with van der Waals surface area (Å²) in [5.41, 5.74) is -0.207. The van der Waals surface area contributed by atoms with Crippen LogP contribution in [0.2, 0.25) is 5.02 Å². The number of non-ortho nitro benzene ring substituents is 1. The number of benzene rings is 1. The summed E-state index contributed by atoms with van der Waals surface area (Å²) in [6, 6.07) is 3.55. The van der Waals surface area contributed by atoms with E-state index in [1.54, 1.807) is 0 Å². The van der Waals surface area contributed by atoms with Crippen molar-refractivity contribution in [2.75, 3.05) is 0 Å². The van der Waals surface area contributed by atoms with E-state index in [0.29, 0.717) is 0 Å². The van der Waals surface area contributed by atoms with Crippen LogP contribution in [0.15, 0.2) is 18.2 Å². The minimum atomic E-state index is -1.48. The van der Waals surface area contributed by atoms with Crippen molar-refractivity contribution in [1.29, 1.82) is 0 Å². The average molecular weight is 320 g/mol. The van der Waals surface area contributed by atoms with E-state index in [1.165, 1.54) is 19.1 Å². The van der Waals surface area contributed by atoms with Crippen LogP contribution in [0.3, 0.4) is 0 Å². The summed E-state index contributed by atoms with van der Waals surface area (Å²) >= 11 is 5.86. The van der Waals surface area contributed by atoms with E-state index in [0.717, 1.165) is 6.07 Å². The molecule has 8 nitrogen and oxygen atoms in total. The molecule has 3 N–H and O–H groups in total. The molecule has 116 valence electrons. The van der Waals surface area contributed by atoms with Gasteiger partial charge in [-0.2, -0.15) is 0 Å². The molecule has 0 amide bonds. The molecule has 0 aliphatic carbocycles. The number of rotatable bonds is 3. The van der Waals surface area contributed by atoms with Crippen LogP contribution in [-0.4, -0.2) is 50.9 Å². The van der Waals surface area contributed by atoms with Gasteiger partial charge in [0.25, 0.3) is 5.69 Å². The zero-order valence-electron chi connectivity index (χ0n) is 10.9. The Morgan fingerprint density at radius 3 is 2.52 bits per heavy atom. The Hall–Kier alpha value is -1.45. The Labute approximate surface area is 124 Å². The first-order valence-corrected chi connectivity index (χ1v) is 6.49. The number of nitrogens with zero attached hydrogens (tertiary/aromatic N) is 1. The van der Waals surface area contributed by atoms with E-state index in [9.17, 15) is 25.4 Å². The Balaban J connectivity index is 2.16. The van der Waals surface area contributed by atoms with Gasteiger partial charge in [-0.1, -0.05) is 11.6 Å². The van der Waals surface area contributed by atoms with Crippen molar-refractivity contribution < 1.29 is 29.7 Å². The molecule has 1 aliphatic rings. The Morgan fingerprint density at radius 1 is 1.29 bits per heavy atom. The molecule has 1 aliphatic heterocycles. The molecule has 2 rings (SSSR count). The fourth-order valence-corrected chi connectivity index (χ4v) is 2.15. The van der Waals surface area contributed by atoms with Crippen LogP contribution in [0.4, 0.5) is 5.69 Å². The largest absolute Gasteiger partial charge is 0.460 e. The highest BCUT2D eigenvalue weighted by Gasteiger charge is 2.43. The van der Waals surface area contributed by atoms with Gasteiger partial charge in [0.1, 0.15) is 24.1 Å². The first-order chi connectivity index (χ1) is 9.81. The van der Waals surface area contributed by atoms with Crippen LogP contribution in [0.25, 0.3) is 0 Å². The molecule has 0 radical (unpaired) electrons. The molecule has 1 aromatic carbocycles. The Bertz CT molecular complexity index is 540. The maximum atomic E-state index is 10.6. The van der Waals surface area contributed by atoms with Crippen LogP contribution in [0.5, 0.6) is 5.75 Å². The summed E-state index contributed by atoms with van der Waals surface area (Å²) in [5.74, 6) is 0.0575. The molecule has 1 saturated heterocycles. The van der Waals surface area contributed by atoms with Gasteiger partial charge in [-0.15, -0.1) is 0 Å². The minimum absolute atomic E-state index is 0.0340. The number of aliphatic hydroxyl groups is 3. The van der Waals surface area contributed by atoms with Gasteiger partial charge >= 0.3 is 0 Å². The monoisotopic (exact) mass is 319 g/mol. The standard InChI is InChI=1S/C12H14ClNO7/c1-5-9(15)10(16)11(17)12(20-5)21-8-3-2-6(14(18)19)4-7(8)13/h2-5,9-12,15-17H,1H3/t5?,9-,10-,11?,12-/m0/s1. The van der Waals surface area contributed by atoms with E-state index >= 15 is 0 Å². The second-order valence-corrected chi connectivity index (χ2v) is 5.08. The topological polar surface area (TPSA) is 122 Å². The van der Waals surface area contributed by atoms with Crippen molar-refractivity contribution in [3.63, 3.8) is 0 Å². The van der Waals surface area contributed by atoms with E-state index in [4.69, 9.17) is 21.1 Å². The fraction of sp³-hybridized carbons (Fsp3) is 0.500. The first-order valence-electron chi connectivity index (χ1n) is 6.11. The average Bonchev–Trinajstić information content (AvgIpc) is 2.44. The molecule has 5 atom stereocenters. The number of hydrogen-bond acceptors (Lipinski definition) is 7. The third-order valence-corrected chi connectivity index (χ3v) is 3.47. The minimum Gasteiger partial charge on any atom is -0.460 e. The lowest BCUT2D eigenvalue weighted by molar-refractivity contribution is -0.384. The predicted molar refractivity (Wildman–Crippen MR) is 71.1 cm³/mol. The second kappa shape index (κ2) is 6.12. The molecule has 9 heteroatoms. The number of nitro groups is 1. The normalized spacial score (nSPS) is 32.7. The van der Waals surface area contributed by atoms with Gasteiger partial charge in [-0.3, -0.25) is 10.1 Å². The van der Waals surface area contributed by atoms with E-state index < -0.39 is 35.6 Å². The zero-order chi connectivity index (χ0) is 15.7. The maximum Gasteiger partial charge on any atom is 0.271 e. The molecule has 0 aromatic heterocycles. The van der Waals surface area contributed by atoms with Gasteiger partial charge in [0.15, 0.2) is 0 Å². The van der Waals surface area contributed by atoms with Gasteiger partial charge in [-0.25, -0.2) is 0 Å². The summed E-state index contributed by atoms with van der Waals surface area (Å²) in [7, 11) is 0. The molecule has 0 saturated carbocycles. The highest BCUT2D eigenvalue weighted by atomic mass is 35.5. The van der Waals surface area contributed by atoms with Crippen LogP contribution >= 0.6 is 11.6 Å². The zero-order valence-corrected chi connectivity index (χ0v) is 11.7. The van der Waals surface area contributed by atoms with Gasteiger partial charge in [0.2, 0.25) is 6.29 Å². The molecule has 1 fully saturated rings. The SMILES string of the molecule is CC1O[C@@H](Oc2ccc([N+](=O)[O-])cc2Cl)C(O)[C@@H](O)[C@H]1O. The third kappa shape index (κ3) is 3.25. The molecular formula is C12H14ClNO7. The van der Waals surface area contributed by atoms with E-state index in [-0.39, 0.29) is 16.5 Å². The number of nitro benzene ring substituents is 1. The van der Waals surface area contributed by atoms with Crippen LogP contribution in [-0.2, 0) is 4.74 Å². The van der Waals surface area contributed by atoms with Crippen molar-refractivity contribution >= 4 is 17.3 Å². The lowest BCUT2D eigenvalue weighted by Crippen LogP contribution is -2.58. The van der Waals surface area contributed by atoms with Crippen molar-refractivity contribution in [3.05, 3.63) is 33.3 Å². The van der Waals surface area contributed by atoms with Gasteiger partial charge in [-0.05, 0) is 13.0 Å². The van der Waals surface area contributed by atoms with Crippen LogP contribution < -0.4 is 4.74 Å². The third-order valence-electron chi connectivity index (χ3n) is 3.18. The van der Waals surface area contributed by atoms with E-state index in [2.05, 4.69) is 0 Å². The van der Waals surface area contributed by atoms with E-state index in [1.807, 2.05) is 0 Å². The maximum absolute atomic E-state index is 10.6. The summed E-state index contributed by atoms with van der Waals surface area (Å²) in [6.45, 7) is 1.51. The lowest BCUT2D eigenvalue weighted by atomic mass is 10.00.